The number of rotatable bonds is 13. The Morgan fingerprint density at radius 3 is 2.35 bits per heavy atom. The highest BCUT2D eigenvalue weighted by atomic mass is 32.2. The molecule has 0 radical (unpaired) electrons. The number of ether oxygens (including phenoxy) is 2. The second-order valence-corrected chi connectivity index (χ2v) is 11.7. The molecule has 0 fully saturated rings. The molecule has 10 heteroatoms. The highest BCUT2D eigenvalue weighted by molar-refractivity contribution is 7.98. The summed E-state index contributed by atoms with van der Waals surface area (Å²) < 4.78 is 10.4. The second-order valence-electron chi connectivity index (χ2n) is 10.7. The lowest BCUT2D eigenvalue weighted by molar-refractivity contribution is -0.142. The summed E-state index contributed by atoms with van der Waals surface area (Å²) in [6.45, 7) is 10.9. The van der Waals surface area contributed by atoms with E-state index in [1.54, 1.807) is 11.8 Å². The van der Waals surface area contributed by atoms with E-state index in [1.807, 2.05) is 50.1 Å². The van der Waals surface area contributed by atoms with E-state index < -0.39 is 23.7 Å². The van der Waals surface area contributed by atoms with Crippen molar-refractivity contribution in [2.24, 2.45) is 11.7 Å². The van der Waals surface area contributed by atoms with E-state index in [-0.39, 0.29) is 24.5 Å². The number of methoxy groups -OCH3 is 1. The molecule has 0 saturated heterocycles. The maximum atomic E-state index is 12.4. The Balaban J connectivity index is 0.000000763. The van der Waals surface area contributed by atoms with Gasteiger partial charge in [-0.25, -0.2) is 4.79 Å². The van der Waals surface area contributed by atoms with Gasteiger partial charge in [-0.15, -0.1) is 0 Å². The maximum absolute atomic E-state index is 12.4. The van der Waals surface area contributed by atoms with Gasteiger partial charge in [-0.2, -0.15) is 11.8 Å². The summed E-state index contributed by atoms with van der Waals surface area (Å²) in [4.78, 5) is 36.7. The molecule has 0 bridgehead atoms. The van der Waals surface area contributed by atoms with E-state index in [0.29, 0.717) is 19.5 Å². The van der Waals surface area contributed by atoms with Gasteiger partial charge in [0.2, 0.25) is 0 Å². The van der Waals surface area contributed by atoms with Crippen LogP contribution in [0.2, 0.25) is 0 Å². The van der Waals surface area contributed by atoms with Crippen molar-refractivity contribution in [3.63, 3.8) is 0 Å². The van der Waals surface area contributed by atoms with Gasteiger partial charge in [0.05, 0.1) is 13.7 Å². The Morgan fingerprint density at radius 2 is 1.77 bits per heavy atom. The van der Waals surface area contributed by atoms with Crippen LogP contribution in [0.4, 0.5) is 4.79 Å². The topological polar surface area (TPSA) is 131 Å². The van der Waals surface area contributed by atoms with Gasteiger partial charge in [0.15, 0.2) is 0 Å². The highest BCUT2D eigenvalue weighted by Crippen LogP contribution is 2.21. The SMILES string of the molecule is CC[C@H](C)[C@@H](CN(CC(=O)OC)Cc1cccc2ccccc12)NC(=O)OC(C)(C)C.CSCC[C@H](N)C(=O)O. The number of alkyl carbamates (subject to hydrolysis) is 1. The zero-order valence-corrected chi connectivity index (χ0v) is 25.8. The number of esters is 1. The van der Waals surface area contributed by atoms with E-state index >= 15 is 0 Å². The van der Waals surface area contributed by atoms with E-state index in [0.717, 1.165) is 28.5 Å². The van der Waals surface area contributed by atoms with Crippen LogP contribution in [0.25, 0.3) is 10.8 Å². The Labute approximate surface area is 243 Å². The van der Waals surface area contributed by atoms with Crippen LogP contribution in [-0.4, -0.2) is 77.9 Å². The predicted molar refractivity (Wildman–Crippen MR) is 162 cm³/mol. The van der Waals surface area contributed by atoms with E-state index in [4.69, 9.17) is 20.3 Å². The van der Waals surface area contributed by atoms with Crippen LogP contribution in [0.3, 0.4) is 0 Å². The smallest absolute Gasteiger partial charge is 0.407 e. The fourth-order valence-corrected chi connectivity index (χ4v) is 4.35. The maximum Gasteiger partial charge on any atom is 0.407 e. The summed E-state index contributed by atoms with van der Waals surface area (Å²) in [6.07, 6.45) is 2.92. The average Bonchev–Trinajstić information content (AvgIpc) is 2.90. The summed E-state index contributed by atoms with van der Waals surface area (Å²) in [7, 11) is 1.39. The average molecular weight is 578 g/mol. The number of nitrogens with zero attached hydrogens (tertiary/aromatic N) is 1. The lowest BCUT2D eigenvalue weighted by atomic mass is 9.98. The number of hydrogen-bond acceptors (Lipinski definition) is 8. The van der Waals surface area contributed by atoms with Gasteiger partial charge >= 0.3 is 18.0 Å². The molecule has 9 nitrogen and oxygen atoms in total. The molecule has 0 unspecified atom stereocenters. The standard InChI is InChI=1S/C25H36N2O4.C5H11NO2S/c1-7-18(2)22(26-24(29)31-25(3,4)5)16-27(17-23(28)30-6)15-20-13-10-12-19-11-8-9-14-21(19)20;1-9-3-2-4(6)5(7)8/h8-14,18,22H,7,15-17H2,1-6H3,(H,26,29);4H,2-3,6H2,1H3,(H,7,8)/t18-,22+;4-/m00/s1. The largest absolute Gasteiger partial charge is 0.480 e. The van der Waals surface area contributed by atoms with Gasteiger partial charge < -0.3 is 25.6 Å². The van der Waals surface area contributed by atoms with Crippen molar-refractivity contribution in [3.8, 4) is 0 Å². The molecule has 2 rings (SSSR count). The van der Waals surface area contributed by atoms with Gasteiger partial charge in [-0.05, 0) is 61.5 Å². The van der Waals surface area contributed by atoms with Crippen LogP contribution >= 0.6 is 11.8 Å². The fraction of sp³-hybridized carbons (Fsp3) is 0.567. The summed E-state index contributed by atoms with van der Waals surface area (Å²) in [5, 5.41) is 13.6. The number of thioether (sulfide) groups is 1. The van der Waals surface area contributed by atoms with E-state index in [2.05, 4.69) is 43.4 Å². The molecular weight excluding hydrogens is 530 g/mol. The zero-order chi connectivity index (χ0) is 30.3. The minimum Gasteiger partial charge on any atom is -0.480 e. The first-order chi connectivity index (χ1) is 18.8. The first-order valence-electron chi connectivity index (χ1n) is 13.5. The minimum atomic E-state index is -0.913. The Kier molecular flexibility index (Phi) is 15.7. The number of carboxylic acid groups (broad SMARTS) is 1. The number of amides is 1. The van der Waals surface area contributed by atoms with Gasteiger partial charge in [-0.1, -0.05) is 62.7 Å². The zero-order valence-electron chi connectivity index (χ0n) is 24.9. The van der Waals surface area contributed by atoms with Crippen molar-refractivity contribution >= 4 is 40.6 Å². The van der Waals surface area contributed by atoms with Crippen molar-refractivity contribution in [2.45, 2.75) is 71.7 Å². The lowest BCUT2D eigenvalue weighted by Gasteiger charge is -2.31. The van der Waals surface area contributed by atoms with Gasteiger partial charge in [0, 0.05) is 19.1 Å². The van der Waals surface area contributed by atoms with Crippen molar-refractivity contribution in [1.29, 1.82) is 0 Å². The van der Waals surface area contributed by atoms with Crippen molar-refractivity contribution in [1.82, 2.24) is 10.2 Å². The minimum absolute atomic E-state index is 0.142. The second kappa shape index (κ2) is 17.8. The lowest BCUT2D eigenvalue weighted by Crippen LogP contribution is -2.49. The third-order valence-electron chi connectivity index (χ3n) is 6.29. The van der Waals surface area contributed by atoms with Crippen LogP contribution in [-0.2, 0) is 25.6 Å². The highest BCUT2D eigenvalue weighted by Gasteiger charge is 2.26. The normalized spacial score (nSPS) is 13.5. The van der Waals surface area contributed by atoms with E-state index in [9.17, 15) is 14.4 Å². The molecular formula is C30H47N3O6S. The van der Waals surface area contributed by atoms with Crippen LogP contribution in [0.1, 0.15) is 53.0 Å². The number of benzene rings is 2. The number of carbonyl (C=O) groups is 3. The molecule has 0 spiro atoms. The number of hydrogen-bond donors (Lipinski definition) is 3. The summed E-state index contributed by atoms with van der Waals surface area (Å²) in [5.74, 6) is -0.197. The Morgan fingerprint density at radius 1 is 1.12 bits per heavy atom. The Hall–Kier alpha value is -2.82. The number of nitrogens with one attached hydrogen (secondary N) is 1. The molecule has 40 heavy (non-hydrogen) atoms. The Bertz CT molecular complexity index is 1070. The first-order valence-corrected chi connectivity index (χ1v) is 14.9. The van der Waals surface area contributed by atoms with Gasteiger partial charge in [0.1, 0.15) is 11.6 Å². The summed E-state index contributed by atoms with van der Waals surface area (Å²) in [6, 6.07) is 13.5. The third-order valence-corrected chi connectivity index (χ3v) is 6.94. The van der Waals surface area contributed by atoms with Crippen LogP contribution in [0.5, 0.6) is 0 Å². The predicted octanol–water partition coefficient (Wildman–Crippen LogP) is 4.91. The first kappa shape index (κ1) is 35.2. The molecule has 0 saturated carbocycles. The molecule has 224 valence electrons. The molecule has 0 aliphatic carbocycles. The van der Waals surface area contributed by atoms with Crippen LogP contribution < -0.4 is 11.1 Å². The van der Waals surface area contributed by atoms with Crippen molar-refractivity contribution in [3.05, 3.63) is 48.0 Å². The molecule has 4 N–H and O–H groups in total. The van der Waals surface area contributed by atoms with Crippen LogP contribution in [0, 0.1) is 5.92 Å². The van der Waals surface area contributed by atoms with Crippen molar-refractivity contribution < 1.29 is 29.0 Å². The van der Waals surface area contributed by atoms with Crippen molar-refractivity contribution in [2.75, 3.05) is 32.2 Å². The number of nitrogens with two attached hydrogens (primary N) is 1. The number of carboxylic acids is 1. The molecule has 3 atom stereocenters. The molecule has 0 aliphatic rings. The number of aliphatic carboxylic acids is 1. The molecule has 0 heterocycles. The number of fused-ring (bicyclic) bond motifs is 1. The number of carbonyl (C=O) groups excluding carboxylic acids is 2. The van der Waals surface area contributed by atoms with E-state index in [1.165, 1.54) is 7.11 Å². The van der Waals surface area contributed by atoms with Gasteiger partial charge in [-0.3, -0.25) is 14.5 Å². The molecule has 0 aromatic heterocycles. The fourth-order valence-electron chi connectivity index (χ4n) is 3.86. The molecule has 2 aromatic carbocycles. The summed E-state index contributed by atoms with van der Waals surface area (Å²) in [5.41, 5.74) is 5.75. The molecule has 2 aromatic rings. The molecule has 1 amide bonds. The summed E-state index contributed by atoms with van der Waals surface area (Å²) >= 11 is 1.60. The van der Waals surface area contributed by atoms with Crippen LogP contribution in [0.15, 0.2) is 42.5 Å². The molecule has 0 aliphatic heterocycles. The quantitative estimate of drug-likeness (QED) is 0.284. The van der Waals surface area contributed by atoms with Gasteiger partial charge in [0.25, 0.3) is 0 Å². The third kappa shape index (κ3) is 13.5. The monoisotopic (exact) mass is 577 g/mol.